The standard InChI is InChI=1S/C15H19F3N2O/c1-11(2)14(21)20-9-7-19(8-10-20)13-6-4-3-5-12(13)15(16,17)18/h3-6,11H,7-10H2,1-2H3. The van der Waals surface area contributed by atoms with E-state index in [2.05, 4.69) is 0 Å². The molecule has 1 amide bonds. The number of amides is 1. The Morgan fingerprint density at radius 2 is 1.67 bits per heavy atom. The van der Waals surface area contributed by atoms with Gasteiger partial charge >= 0.3 is 6.18 Å². The number of nitrogens with zero attached hydrogens (tertiary/aromatic N) is 2. The van der Waals surface area contributed by atoms with E-state index in [4.69, 9.17) is 0 Å². The SMILES string of the molecule is CC(C)C(=O)N1CCN(c2ccccc2C(F)(F)F)CC1. The average Bonchev–Trinajstić information content (AvgIpc) is 2.45. The Bertz CT molecular complexity index is 506. The molecule has 1 heterocycles. The summed E-state index contributed by atoms with van der Waals surface area (Å²) in [6.07, 6.45) is -4.36. The molecule has 6 heteroatoms. The lowest BCUT2D eigenvalue weighted by Gasteiger charge is -2.37. The summed E-state index contributed by atoms with van der Waals surface area (Å²) in [6, 6.07) is 5.59. The summed E-state index contributed by atoms with van der Waals surface area (Å²) < 4.78 is 39.1. The highest BCUT2D eigenvalue weighted by Crippen LogP contribution is 2.36. The second-order valence-electron chi connectivity index (χ2n) is 5.48. The third-order valence-electron chi connectivity index (χ3n) is 3.64. The number of carbonyl (C=O) groups is 1. The van der Waals surface area contributed by atoms with Crippen LogP contribution in [0.1, 0.15) is 19.4 Å². The molecule has 1 aromatic carbocycles. The summed E-state index contributed by atoms with van der Waals surface area (Å²) in [7, 11) is 0. The summed E-state index contributed by atoms with van der Waals surface area (Å²) >= 11 is 0. The van der Waals surface area contributed by atoms with Crippen LogP contribution in [0.25, 0.3) is 0 Å². The number of hydrogen-bond donors (Lipinski definition) is 0. The van der Waals surface area contributed by atoms with Crippen LogP contribution in [0.4, 0.5) is 18.9 Å². The number of piperazine rings is 1. The van der Waals surface area contributed by atoms with Crippen LogP contribution in [-0.2, 0) is 11.0 Å². The van der Waals surface area contributed by atoms with E-state index < -0.39 is 11.7 Å². The Morgan fingerprint density at radius 3 is 2.19 bits per heavy atom. The molecule has 0 unspecified atom stereocenters. The molecule has 1 aliphatic heterocycles. The molecule has 0 aliphatic carbocycles. The predicted octanol–water partition coefficient (Wildman–Crippen LogP) is 3.01. The summed E-state index contributed by atoms with van der Waals surface area (Å²) in [4.78, 5) is 15.3. The van der Waals surface area contributed by atoms with Crippen molar-refractivity contribution in [2.45, 2.75) is 20.0 Å². The lowest BCUT2D eigenvalue weighted by molar-refractivity contribution is -0.137. The minimum Gasteiger partial charge on any atom is -0.367 e. The van der Waals surface area contributed by atoms with Crippen molar-refractivity contribution in [1.29, 1.82) is 0 Å². The molecule has 0 saturated carbocycles. The second kappa shape index (κ2) is 5.95. The normalized spacial score (nSPS) is 16.5. The fourth-order valence-electron chi connectivity index (χ4n) is 2.52. The monoisotopic (exact) mass is 300 g/mol. The van der Waals surface area contributed by atoms with Gasteiger partial charge in [-0.15, -0.1) is 0 Å². The maximum Gasteiger partial charge on any atom is 0.418 e. The first kappa shape index (κ1) is 15.7. The smallest absolute Gasteiger partial charge is 0.367 e. The third-order valence-corrected chi connectivity index (χ3v) is 3.64. The van der Waals surface area contributed by atoms with Crippen molar-refractivity contribution in [2.24, 2.45) is 5.92 Å². The fourth-order valence-corrected chi connectivity index (χ4v) is 2.52. The fraction of sp³-hybridized carbons (Fsp3) is 0.533. The zero-order valence-electron chi connectivity index (χ0n) is 12.2. The molecule has 0 spiro atoms. The summed E-state index contributed by atoms with van der Waals surface area (Å²) in [5.41, 5.74) is -0.421. The maximum atomic E-state index is 13.0. The molecule has 0 aromatic heterocycles. The van der Waals surface area contributed by atoms with Crippen LogP contribution in [0.2, 0.25) is 0 Å². The van der Waals surface area contributed by atoms with Gasteiger partial charge in [0.1, 0.15) is 0 Å². The second-order valence-corrected chi connectivity index (χ2v) is 5.48. The van der Waals surface area contributed by atoms with Gasteiger partial charge in [-0.05, 0) is 12.1 Å². The average molecular weight is 300 g/mol. The molecule has 1 aliphatic rings. The van der Waals surface area contributed by atoms with Crippen molar-refractivity contribution in [2.75, 3.05) is 31.1 Å². The van der Waals surface area contributed by atoms with Gasteiger partial charge in [-0.25, -0.2) is 0 Å². The largest absolute Gasteiger partial charge is 0.418 e. The number of alkyl halides is 3. The van der Waals surface area contributed by atoms with E-state index in [0.29, 0.717) is 26.2 Å². The molecule has 1 saturated heterocycles. The highest BCUT2D eigenvalue weighted by molar-refractivity contribution is 5.78. The Kier molecular flexibility index (Phi) is 4.44. The maximum absolute atomic E-state index is 13.0. The minimum atomic E-state index is -4.36. The lowest BCUT2D eigenvalue weighted by Crippen LogP contribution is -2.50. The Hall–Kier alpha value is -1.72. The third kappa shape index (κ3) is 3.49. The molecule has 2 rings (SSSR count). The molecule has 0 N–H and O–H groups in total. The highest BCUT2D eigenvalue weighted by atomic mass is 19.4. The number of rotatable bonds is 2. The van der Waals surface area contributed by atoms with Crippen molar-refractivity contribution in [3.05, 3.63) is 29.8 Å². The summed E-state index contributed by atoms with van der Waals surface area (Å²) in [5, 5.41) is 0. The number of benzene rings is 1. The first-order valence-electron chi connectivity index (χ1n) is 7.00. The van der Waals surface area contributed by atoms with Gasteiger partial charge in [-0.1, -0.05) is 26.0 Å². The van der Waals surface area contributed by atoms with Crippen LogP contribution in [0.3, 0.4) is 0 Å². The molecule has 3 nitrogen and oxygen atoms in total. The van der Waals surface area contributed by atoms with Crippen LogP contribution in [0.15, 0.2) is 24.3 Å². The molecular formula is C15H19F3N2O. The van der Waals surface area contributed by atoms with Crippen LogP contribution >= 0.6 is 0 Å². The molecule has 21 heavy (non-hydrogen) atoms. The van der Waals surface area contributed by atoms with Crippen LogP contribution in [0, 0.1) is 5.92 Å². The Morgan fingerprint density at radius 1 is 1.10 bits per heavy atom. The topological polar surface area (TPSA) is 23.6 Å². The quantitative estimate of drug-likeness (QED) is 0.838. The van der Waals surface area contributed by atoms with E-state index in [1.807, 2.05) is 13.8 Å². The summed E-state index contributed by atoms with van der Waals surface area (Å²) in [5.74, 6) is -0.0298. The predicted molar refractivity (Wildman–Crippen MR) is 75.1 cm³/mol. The molecule has 0 radical (unpaired) electrons. The van der Waals surface area contributed by atoms with Crippen molar-refractivity contribution >= 4 is 11.6 Å². The van der Waals surface area contributed by atoms with Gasteiger partial charge < -0.3 is 9.80 Å². The van der Waals surface area contributed by atoms with Crippen LogP contribution in [-0.4, -0.2) is 37.0 Å². The van der Waals surface area contributed by atoms with Crippen LogP contribution in [0.5, 0.6) is 0 Å². The first-order valence-corrected chi connectivity index (χ1v) is 7.00. The molecule has 116 valence electrons. The van der Waals surface area contributed by atoms with Gasteiger partial charge in [0.25, 0.3) is 0 Å². The van der Waals surface area contributed by atoms with Gasteiger partial charge in [-0.2, -0.15) is 13.2 Å². The van der Waals surface area contributed by atoms with Gasteiger partial charge in [0.15, 0.2) is 0 Å². The van der Waals surface area contributed by atoms with E-state index in [-0.39, 0.29) is 17.5 Å². The first-order chi connectivity index (χ1) is 9.80. The van der Waals surface area contributed by atoms with Crippen molar-refractivity contribution in [3.63, 3.8) is 0 Å². The van der Waals surface area contributed by atoms with Crippen molar-refractivity contribution in [3.8, 4) is 0 Å². The van der Waals surface area contributed by atoms with E-state index >= 15 is 0 Å². The number of halogens is 3. The number of hydrogen-bond acceptors (Lipinski definition) is 2. The molecule has 1 aromatic rings. The zero-order valence-corrected chi connectivity index (χ0v) is 12.2. The van der Waals surface area contributed by atoms with E-state index in [1.54, 1.807) is 15.9 Å². The Labute approximate surface area is 122 Å². The van der Waals surface area contributed by atoms with E-state index in [1.165, 1.54) is 12.1 Å². The number of carbonyl (C=O) groups excluding carboxylic acids is 1. The molecule has 0 atom stereocenters. The van der Waals surface area contributed by atoms with Crippen LogP contribution < -0.4 is 4.90 Å². The molecule has 1 fully saturated rings. The minimum absolute atomic E-state index is 0.0544. The highest BCUT2D eigenvalue weighted by Gasteiger charge is 2.35. The molecular weight excluding hydrogens is 281 g/mol. The van der Waals surface area contributed by atoms with Crippen molar-refractivity contribution in [1.82, 2.24) is 4.90 Å². The van der Waals surface area contributed by atoms with E-state index in [0.717, 1.165) is 6.07 Å². The van der Waals surface area contributed by atoms with Gasteiger partial charge in [0.2, 0.25) is 5.91 Å². The number of para-hydroxylation sites is 1. The Balaban J connectivity index is 2.12. The van der Waals surface area contributed by atoms with Gasteiger partial charge in [0.05, 0.1) is 5.56 Å². The number of anilines is 1. The lowest BCUT2D eigenvalue weighted by atomic mass is 10.1. The summed E-state index contributed by atoms with van der Waals surface area (Å²) in [6.45, 7) is 5.42. The molecule has 0 bridgehead atoms. The van der Waals surface area contributed by atoms with Gasteiger partial charge in [-0.3, -0.25) is 4.79 Å². The van der Waals surface area contributed by atoms with E-state index in [9.17, 15) is 18.0 Å². The van der Waals surface area contributed by atoms with Crippen molar-refractivity contribution < 1.29 is 18.0 Å². The van der Waals surface area contributed by atoms with Gasteiger partial charge in [0, 0.05) is 37.8 Å². The zero-order chi connectivity index (χ0) is 15.6.